The van der Waals surface area contributed by atoms with Crippen LogP contribution in [0.15, 0.2) is 6.07 Å². The molecule has 1 N–H and O–H groups in total. The van der Waals surface area contributed by atoms with Crippen LogP contribution in [-0.2, 0) is 10.2 Å². The predicted molar refractivity (Wildman–Crippen MR) is 82.5 cm³/mol. The van der Waals surface area contributed by atoms with Crippen molar-refractivity contribution in [1.29, 1.82) is 0 Å². The fourth-order valence-corrected chi connectivity index (χ4v) is 2.28. The van der Waals surface area contributed by atoms with E-state index in [1.165, 1.54) is 0 Å². The van der Waals surface area contributed by atoms with Gasteiger partial charge < -0.3 is 15.0 Å². The van der Waals surface area contributed by atoms with Crippen molar-refractivity contribution in [2.45, 2.75) is 45.1 Å². The summed E-state index contributed by atoms with van der Waals surface area (Å²) in [4.78, 5) is 11.4. The third-order valence-corrected chi connectivity index (χ3v) is 3.53. The maximum Gasteiger partial charge on any atom is 0.138 e. The first kappa shape index (κ1) is 15.0. The number of nitrogens with one attached hydrogen (secondary N) is 1. The lowest BCUT2D eigenvalue weighted by atomic mass is 9.96. The Hall–Kier alpha value is -1.36. The monoisotopic (exact) mass is 278 g/mol. The Balaban J connectivity index is 2.20. The van der Waals surface area contributed by atoms with Gasteiger partial charge in [-0.15, -0.1) is 0 Å². The third kappa shape index (κ3) is 3.60. The van der Waals surface area contributed by atoms with Gasteiger partial charge in [0, 0.05) is 38.7 Å². The number of likely N-dealkylation sites (N-methyl/N-ethyl adjacent to an activating group) is 1. The second kappa shape index (κ2) is 5.95. The molecule has 1 fully saturated rings. The topological polar surface area (TPSA) is 50.3 Å². The van der Waals surface area contributed by atoms with E-state index in [0.717, 1.165) is 43.5 Å². The molecule has 0 radical (unpaired) electrons. The van der Waals surface area contributed by atoms with Crippen LogP contribution in [0, 0.1) is 0 Å². The van der Waals surface area contributed by atoms with E-state index in [1.54, 1.807) is 0 Å². The lowest BCUT2D eigenvalue weighted by molar-refractivity contribution is 0.116. The van der Waals surface area contributed by atoms with E-state index < -0.39 is 0 Å². The van der Waals surface area contributed by atoms with E-state index in [9.17, 15) is 0 Å². The molecule has 1 aromatic rings. The maximum absolute atomic E-state index is 5.70. The zero-order valence-corrected chi connectivity index (χ0v) is 13.2. The smallest absolute Gasteiger partial charge is 0.138 e. The molecule has 0 aliphatic carbocycles. The van der Waals surface area contributed by atoms with Crippen LogP contribution in [-0.4, -0.2) is 43.3 Å². The molecule has 112 valence electrons. The number of hydrogen-bond donors (Lipinski definition) is 1. The minimum atomic E-state index is -0.0632. The summed E-state index contributed by atoms with van der Waals surface area (Å²) >= 11 is 0. The number of aromatic nitrogens is 2. The van der Waals surface area contributed by atoms with Crippen molar-refractivity contribution in [1.82, 2.24) is 9.97 Å². The lowest BCUT2D eigenvalue weighted by Gasteiger charge is -2.25. The Bertz CT molecular complexity index is 450. The van der Waals surface area contributed by atoms with Crippen LogP contribution in [0.25, 0.3) is 0 Å². The summed E-state index contributed by atoms with van der Waals surface area (Å²) in [7, 11) is 3.95. The summed E-state index contributed by atoms with van der Waals surface area (Å²) in [5.41, 5.74) is -0.0632. The predicted octanol–water partition coefficient (Wildman–Crippen LogP) is 2.43. The normalized spacial score (nSPS) is 19.1. The number of rotatable bonds is 4. The van der Waals surface area contributed by atoms with Crippen molar-refractivity contribution in [3.63, 3.8) is 0 Å². The molecular weight excluding hydrogens is 252 g/mol. The SMILES string of the molecule is CNc1cc(N(C)CC2CCCO2)nc(C(C)(C)C)n1. The lowest BCUT2D eigenvalue weighted by Crippen LogP contribution is -2.30. The van der Waals surface area contributed by atoms with Gasteiger partial charge in [0.05, 0.1) is 6.10 Å². The Kier molecular flexibility index (Phi) is 4.48. The van der Waals surface area contributed by atoms with E-state index in [-0.39, 0.29) is 5.41 Å². The van der Waals surface area contributed by atoms with Crippen LogP contribution < -0.4 is 10.2 Å². The molecule has 2 heterocycles. The van der Waals surface area contributed by atoms with Crippen molar-refractivity contribution < 1.29 is 4.74 Å². The highest BCUT2D eigenvalue weighted by atomic mass is 16.5. The molecule has 0 saturated carbocycles. The summed E-state index contributed by atoms with van der Waals surface area (Å²) in [5.74, 6) is 2.67. The zero-order valence-electron chi connectivity index (χ0n) is 13.2. The fourth-order valence-electron chi connectivity index (χ4n) is 2.28. The minimum absolute atomic E-state index is 0.0632. The Morgan fingerprint density at radius 2 is 2.15 bits per heavy atom. The van der Waals surface area contributed by atoms with E-state index >= 15 is 0 Å². The second-order valence-corrected chi connectivity index (χ2v) is 6.45. The van der Waals surface area contributed by atoms with E-state index in [2.05, 4.69) is 43.0 Å². The number of nitrogens with zero attached hydrogens (tertiary/aromatic N) is 3. The summed E-state index contributed by atoms with van der Waals surface area (Å²) in [6, 6.07) is 1.99. The van der Waals surface area contributed by atoms with Crippen molar-refractivity contribution in [3.05, 3.63) is 11.9 Å². The zero-order chi connectivity index (χ0) is 14.8. The molecule has 1 atom stereocenters. The van der Waals surface area contributed by atoms with Gasteiger partial charge in [-0.2, -0.15) is 0 Å². The van der Waals surface area contributed by atoms with Gasteiger partial charge in [-0.05, 0) is 12.8 Å². The Morgan fingerprint density at radius 3 is 2.70 bits per heavy atom. The molecule has 1 aliphatic heterocycles. The Labute approximate surface area is 121 Å². The molecule has 1 aliphatic rings. The van der Waals surface area contributed by atoms with Gasteiger partial charge in [-0.25, -0.2) is 9.97 Å². The third-order valence-electron chi connectivity index (χ3n) is 3.53. The molecule has 2 rings (SSSR count). The molecule has 0 spiro atoms. The maximum atomic E-state index is 5.70. The molecule has 0 bridgehead atoms. The van der Waals surface area contributed by atoms with Gasteiger partial charge in [0.25, 0.3) is 0 Å². The average Bonchev–Trinajstić information content (AvgIpc) is 2.90. The largest absolute Gasteiger partial charge is 0.376 e. The molecule has 20 heavy (non-hydrogen) atoms. The number of ether oxygens (including phenoxy) is 1. The van der Waals surface area contributed by atoms with Crippen LogP contribution >= 0.6 is 0 Å². The first-order valence-corrected chi connectivity index (χ1v) is 7.30. The molecule has 5 nitrogen and oxygen atoms in total. The Morgan fingerprint density at radius 1 is 1.40 bits per heavy atom. The first-order chi connectivity index (χ1) is 9.40. The molecule has 0 amide bonds. The summed E-state index contributed by atoms with van der Waals surface area (Å²) < 4.78 is 5.70. The van der Waals surface area contributed by atoms with Gasteiger partial charge >= 0.3 is 0 Å². The number of anilines is 2. The minimum Gasteiger partial charge on any atom is -0.376 e. The summed E-state index contributed by atoms with van der Waals surface area (Å²) in [5, 5.41) is 3.12. The second-order valence-electron chi connectivity index (χ2n) is 6.45. The first-order valence-electron chi connectivity index (χ1n) is 7.30. The molecule has 1 aromatic heterocycles. The highest BCUT2D eigenvalue weighted by molar-refractivity contribution is 5.49. The van der Waals surface area contributed by atoms with Crippen LogP contribution in [0.2, 0.25) is 0 Å². The highest BCUT2D eigenvalue weighted by Gasteiger charge is 2.22. The van der Waals surface area contributed by atoms with Crippen molar-refractivity contribution >= 4 is 11.6 Å². The quantitative estimate of drug-likeness (QED) is 0.916. The summed E-state index contributed by atoms with van der Waals surface area (Å²) in [6.45, 7) is 8.16. The van der Waals surface area contributed by atoms with E-state index in [1.807, 2.05) is 13.1 Å². The molecule has 1 saturated heterocycles. The molecule has 0 aromatic carbocycles. The highest BCUT2D eigenvalue weighted by Crippen LogP contribution is 2.24. The van der Waals surface area contributed by atoms with Crippen LogP contribution in [0.5, 0.6) is 0 Å². The fraction of sp³-hybridized carbons (Fsp3) is 0.733. The van der Waals surface area contributed by atoms with Crippen molar-refractivity contribution in [3.8, 4) is 0 Å². The van der Waals surface area contributed by atoms with E-state index in [0.29, 0.717) is 6.10 Å². The molecular formula is C15H26N4O. The van der Waals surface area contributed by atoms with Gasteiger partial charge in [0.2, 0.25) is 0 Å². The molecule has 5 heteroatoms. The van der Waals surface area contributed by atoms with Gasteiger partial charge in [-0.1, -0.05) is 20.8 Å². The molecule has 1 unspecified atom stereocenters. The van der Waals surface area contributed by atoms with Crippen LogP contribution in [0.1, 0.15) is 39.4 Å². The van der Waals surface area contributed by atoms with E-state index in [4.69, 9.17) is 9.72 Å². The average molecular weight is 278 g/mol. The van der Waals surface area contributed by atoms with Gasteiger partial charge in [-0.3, -0.25) is 0 Å². The number of hydrogen-bond acceptors (Lipinski definition) is 5. The van der Waals surface area contributed by atoms with Gasteiger partial charge in [0.1, 0.15) is 17.5 Å². The van der Waals surface area contributed by atoms with Gasteiger partial charge in [0.15, 0.2) is 0 Å². The standard InChI is InChI=1S/C15H26N4O/c1-15(2,3)14-17-12(16-4)9-13(18-14)19(5)10-11-7-6-8-20-11/h9,11H,6-8,10H2,1-5H3,(H,16,17,18). The van der Waals surface area contributed by atoms with Crippen molar-refractivity contribution in [2.75, 3.05) is 37.5 Å². The van der Waals surface area contributed by atoms with Crippen molar-refractivity contribution in [2.24, 2.45) is 0 Å². The van der Waals surface area contributed by atoms with Crippen LogP contribution in [0.4, 0.5) is 11.6 Å². The summed E-state index contributed by atoms with van der Waals surface area (Å²) in [6.07, 6.45) is 2.63. The van der Waals surface area contributed by atoms with Crippen LogP contribution in [0.3, 0.4) is 0 Å².